The van der Waals surface area contributed by atoms with Gasteiger partial charge in [0.25, 0.3) is 0 Å². The largest absolute Gasteiger partial charge is 0.354 e. The van der Waals surface area contributed by atoms with Gasteiger partial charge in [-0.25, -0.2) is 0 Å². The highest BCUT2D eigenvalue weighted by atomic mass is 32.2. The highest BCUT2D eigenvalue weighted by molar-refractivity contribution is 7.99. The molecule has 0 unspecified atom stereocenters. The smallest absolute Gasteiger partial charge is 0.191 e. The Hall–Kier alpha value is -3.71. The standard InChI is InChI=1S/C26H23N5OS/c1-2-16-31-25(19-12-14-27-15-13-19)29-30-26(31)33-17-22(32)23-20-10-6-7-11-21(20)28-24(23)18-8-4-3-5-9-18/h3-15,28H,2,16-17H2,1H3. The molecule has 0 radical (unpaired) electrons. The third kappa shape index (κ3) is 4.19. The van der Waals surface area contributed by atoms with Crippen LogP contribution >= 0.6 is 11.8 Å². The number of rotatable bonds is 8. The van der Waals surface area contributed by atoms with Crippen molar-refractivity contribution in [1.82, 2.24) is 24.7 Å². The first-order chi connectivity index (χ1) is 16.3. The fourth-order valence-electron chi connectivity index (χ4n) is 3.99. The molecule has 6 nitrogen and oxygen atoms in total. The highest BCUT2D eigenvalue weighted by Gasteiger charge is 2.21. The number of H-pyrrole nitrogens is 1. The number of Topliss-reactive ketones (excluding diaryl/α,β-unsaturated/α-hetero) is 1. The lowest BCUT2D eigenvalue weighted by molar-refractivity contribution is 0.102. The number of carbonyl (C=O) groups excluding carboxylic acids is 1. The van der Waals surface area contributed by atoms with Gasteiger partial charge in [0.1, 0.15) is 0 Å². The molecule has 0 aliphatic rings. The number of fused-ring (bicyclic) bond motifs is 1. The Bertz CT molecular complexity index is 1390. The second kappa shape index (κ2) is 9.42. The molecule has 0 atom stereocenters. The van der Waals surface area contributed by atoms with Crippen molar-refractivity contribution in [3.63, 3.8) is 0 Å². The summed E-state index contributed by atoms with van der Waals surface area (Å²) < 4.78 is 2.08. The topological polar surface area (TPSA) is 76.5 Å². The highest BCUT2D eigenvalue weighted by Crippen LogP contribution is 2.32. The number of nitrogens with one attached hydrogen (secondary N) is 1. The minimum absolute atomic E-state index is 0.0628. The van der Waals surface area contributed by atoms with Gasteiger partial charge in [0.2, 0.25) is 0 Å². The molecule has 0 saturated carbocycles. The molecular weight excluding hydrogens is 430 g/mol. The lowest BCUT2D eigenvalue weighted by Gasteiger charge is -2.09. The molecule has 0 spiro atoms. The summed E-state index contributed by atoms with van der Waals surface area (Å²) in [4.78, 5) is 21.1. The maximum absolute atomic E-state index is 13.5. The van der Waals surface area contributed by atoms with Gasteiger partial charge in [-0.15, -0.1) is 10.2 Å². The second-order valence-corrected chi connectivity index (χ2v) is 8.63. The van der Waals surface area contributed by atoms with Crippen LogP contribution in [0.15, 0.2) is 84.3 Å². The van der Waals surface area contributed by atoms with Crippen molar-refractivity contribution in [2.75, 3.05) is 5.75 Å². The van der Waals surface area contributed by atoms with Gasteiger partial charge in [-0.1, -0.05) is 67.2 Å². The number of para-hydroxylation sites is 1. The number of aromatic amines is 1. The van der Waals surface area contributed by atoms with Crippen LogP contribution in [0, 0.1) is 0 Å². The molecule has 2 aromatic carbocycles. The predicted octanol–water partition coefficient (Wildman–Crippen LogP) is 5.87. The Morgan fingerprint density at radius 2 is 1.70 bits per heavy atom. The molecule has 0 fully saturated rings. The van der Waals surface area contributed by atoms with E-state index in [0.29, 0.717) is 0 Å². The van der Waals surface area contributed by atoms with E-state index < -0.39 is 0 Å². The maximum Gasteiger partial charge on any atom is 0.191 e. The summed E-state index contributed by atoms with van der Waals surface area (Å²) in [7, 11) is 0. The van der Waals surface area contributed by atoms with Crippen LogP contribution in [0.3, 0.4) is 0 Å². The molecular formula is C26H23N5OS. The molecule has 0 bridgehead atoms. The van der Waals surface area contributed by atoms with Gasteiger partial charge in [0.05, 0.1) is 17.0 Å². The van der Waals surface area contributed by atoms with Crippen molar-refractivity contribution >= 4 is 28.4 Å². The molecule has 0 amide bonds. The summed E-state index contributed by atoms with van der Waals surface area (Å²) in [6.07, 6.45) is 4.44. The van der Waals surface area contributed by atoms with Crippen LogP contribution in [-0.4, -0.2) is 36.3 Å². The minimum Gasteiger partial charge on any atom is -0.354 e. The van der Waals surface area contributed by atoms with Crippen LogP contribution in [0.5, 0.6) is 0 Å². The average molecular weight is 454 g/mol. The van der Waals surface area contributed by atoms with Gasteiger partial charge in [-0.05, 0) is 30.2 Å². The first-order valence-electron chi connectivity index (χ1n) is 10.9. The number of pyridine rings is 1. The van der Waals surface area contributed by atoms with E-state index in [-0.39, 0.29) is 11.5 Å². The van der Waals surface area contributed by atoms with Gasteiger partial charge in [0, 0.05) is 35.4 Å². The fourth-order valence-corrected chi connectivity index (χ4v) is 4.83. The molecule has 0 aliphatic carbocycles. The van der Waals surface area contributed by atoms with Crippen molar-refractivity contribution in [3.05, 3.63) is 84.7 Å². The van der Waals surface area contributed by atoms with Crippen LogP contribution in [0.1, 0.15) is 23.7 Å². The molecule has 5 aromatic rings. The number of carbonyl (C=O) groups is 1. The number of benzene rings is 2. The zero-order valence-corrected chi connectivity index (χ0v) is 19.0. The summed E-state index contributed by atoms with van der Waals surface area (Å²) in [6, 6.07) is 21.8. The number of nitrogens with zero attached hydrogens (tertiary/aromatic N) is 4. The first kappa shape index (κ1) is 21.2. The van der Waals surface area contributed by atoms with Crippen LogP contribution < -0.4 is 0 Å². The fraction of sp³-hybridized carbons (Fsp3) is 0.154. The average Bonchev–Trinajstić information content (AvgIpc) is 3.45. The quantitative estimate of drug-likeness (QED) is 0.235. The summed E-state index contributed by atoms with van der Waals surface area (Å²) in [5.41, 5.74) is 4.50. The number of ketones is 1. The Kier molecular flexibility index (Phi) is 6.04. The SMILES string of the molecule is CCCn1c(SCC(=O)c2c(-c3ccccc3)[nH]c3ccccc23)nnc1-c1ccncc1. The van der Waals surface area contributed by atoms with E-state index >= 15 is 0 Å². The molecule has 3 aromatic heterocycles. The van der Waals surface area contributed by atoms with Crippen molar-refractivity contribution in [2.24, 2.45) is 0 Å². The van der Waals surface area contributed by atoms with Gasteiger partial charge < -0.3 is 9.55 Å². The molecule has 0 aliphatic heterocycles. The number of aromatic nitrogens is 5. The Morgan fingerprint density at radius 3 is 2.48 bits per heavy atom. The lowest BCUT2D eigenvalue weighted by Crippen LogP contribution is -2.07. The minimum atomic E-state index is 0.0628. The molecule has 7 heteroatoms. The molecule has 1 N–H and O–H groups in total. The van der Waals surface area contributed by atoms with Crippen molar-refractivity contribution < 1.29 is 4.79 Å². The normalized spacial score (nSPS) is 11.2. The molecule has 3 heterocycles. The maximum atomic E-state index is 13.5. The molecule has 164 valence electrons. The Labute approximate surface area is 196 Å². The van der Waals surface area contributed by atoms with Crippen LogP contribution in [0.4, 0.5) is 0 Å². The van der Waals surface area contributed by atoms with E-state index in [1.54, 1.807) is 12.4 Å². The van der Waals surface area contributed by atoms with Crippen LogP contribution in [0.25, 0.3) is 33.5 Å². The summed E-state index contributed by atoms with van der Waals surface area (Å²) >= 11 is 1.43. The third-order valence-corrected chi connectivity index (χ3v) is 6.45. The number of thioether (sulfide) groups is 1. The van der Waals surface area contributed by atoms with E-state index in [1.807, 2.05) is 66.7 Å². The van der Waals surface area contributed by atoms with Gasteiger partial charge >= 0.3 is 0 Å². The van der Waals surface area contributed by atoms with Crippen molar-refractivity contribution in [3.8, 4) is 22.6 Å². The van der Waals surface area contributed by atoms with E-state index in [1.165, 1.54) is 11.8 Å². The molecule has 5 rings (SSSR count). The first-order valence-corrected chi connectivity index (χ1v) is 11.9. The van der Waals surface area contributed by atoms with E-state index in [2.05, 4.69) is 31.7 Å². The van der Waals surface area contributed by atoms with Crippen LogP contribution in [0.2, 0.25) is 0 Å². The zero-order chi connectivity index (χ0) is 22.6. The Morgan fingerprint density at radius 1 is 0.939 bits per heavy atom. The Balaban J connectivity index is 1.47. The number of hydrogen-bond acceptors (Lipinski definition) is 5. The van der Waals surface area contributed by atoms with Crippen molar-refractivity contribution in [1.29, 1.82) is 0 Å². The predicted molar refractivity (Wildman–Crippen MR) is 132 cm³/mol. The van der Waals surface area contributed by atoms with Crippen molar-refractivity contribution in [2.45, 2.75) is 25.0 Å². The zero-order valence-electron chi connectivity index (χ0n) is 18.2. The lowest BCUT2D eigenvalue weighted by atomic mass is 10.0. The molecule has 0 saturated heterocycles. The molecule has 33 heavy (non-hydrogen) atoms. The second-order valence-electron chi connectivity index (χ2n) is 7.69. The van der Waals surface area contributed by atoms with Crippen LogP contribution in [-0.2, 0) is 6.54 Å². The third-order valence-electron chi connectivity index (χ3n) is 5.48. The summed E-state index contributed by atoms with van der Waals surface area (Å²) in [5, 5.41) is 10.5. The summed E-state index contributed by atoms with van der Waals surface area (Å²) in [5.74, 6) is 1.14. The van der Waals surface area contributed by atoms with E-state index in [4.69, 9.17) is 0 Å². The summed E-state index contributed by atoms with van der Waals surface area (Å²) in [6.45, 7) is 2.90. The van der Waals surface area contributed by atoms with Gasteiger partial charge in [-0.3, -0.25) is 9.78 Å². The monoisotopic (exact) mass is 453 g/mol. The van der Waals surface area contributed by atoms with Gasteiger partial charge in [-0.2, -0.15) is 0 Å². The number of hydrogen-bond donors (Lipinski definition) is 1. The van der Waals surface area contributed by atoms with E-state index in [9.17, 15) is 4.79 Å². The van der Waals surface area contributed by atoms with Gasteiger partial charge in [0.15, 0.2) is 16.8 Å². The van der Waals surface area contributed by atoms with E-state index in [0.717, 1.165) is 57.2 Å².